The lowest BCUT2D eigenvalue weighted by Gasteiger charge is -2.28. The second-order valence-corrected chi connectivity index (χ2v) is 6.33. The largest absolute Gasteiger partial charge is 0.486 e. The molecule has 0 saturated carbocycles. The van der Waals surface area contributed by atoms with Gasteiger partial charge in [0.15, 0.2) is 11.5 Å². The van der Waals surface area contributed by atoms with Crippen molar-refractivity contribution in [1.82, 2.24) is 25.0 Å². The van der Waals surface area contributed by atoms with Crippen molar-refractivity contribution in [3.63, 3.8) is 0 Å². The number of nitrogens with one attached hydrogen (secondary N) is 1. The molecule has 0 bridgehead atoms. The maximum Gasteiger partial charge on any atom is 0.234 e. The van der Waals surface area contributed by atoms with Crippen LogP contribution in [0.2, 0.25) is 0 Å². The molecule has 2 aliphatic rings. The van der Waals surface area contributed by atoms with Crippen LogP contribution in [0, 0.1) is 6.92 Å². The van der Waals surface area contributed by atoms with E-state index in [9.17, 15) is 4.79 Å². The van der Waals surface area contributed by atoms with E-state index in [1.54, 1.807) is 0 Å². The Labute approximate surface area is 145 Å². The van der Waals surface area contributed by atoms with Gasteiger partial charge in [0.05, 0.1) is 19.6 Å². The molecule has 1 aromatic carbocycles. The SMILES string of the molecule is Cc1nnc2n1CCN(CC(=O)NC[C@@H]1COc3ccccc3O1)C2. The highest BCUT2D eigenvalue weighted by atomic mass is 16.6. The van der Waals surface area contributed by atoms with E-state index in [0.717, 1.165) is 36.2 Å². The van der Waals surface area contributed by atoms with Crippen molar-refractivity contribution in [3.05, 3.63) is 35.9 Å². The van der Waals surface area contributed by atoms with Crippen molar-refractivity contribution in [2.75, 3.05) is 26.2 Å². The smallest absolute Gasteiger partial charge is 0.234 e. The Balaban J connectivity index is 1.25. The number of hydrogen-bond acceptors (Lipinski definition) is 6. The lowest BCUT2D eigenvalue weighted by atomic mass is 10.2. The fraction of sp³-hybridized carbons (Fsp3) is 0.471. The van der Waals surface area contributed by atoms with Crippen molar-refractivity contribution in [2.24, 2.45) is 0 Å². The number of benzene rings is 1. The minimum Gasteiger partial charge on any atom is -0.486 e. The van der Waals surface area contributed by atoms with Gasteiger partial charge in [0.2, 0.25) is 5.91 Å². The molecule has 1 N–H and O–H groups in total. The van der Waals surface area contributed by atoms with Gasteiger partial charge in [0, 0.05) is 13.1 Å². The summed E-state index contributed by atoms with van der Waals surface area (Å²) >= 11 is 0. The molecule has 0 saturated heterocycles. The number of hydrogen-bond donors (Lipinski definition) is 1. The molecule has 1 aromatic heterocycles. The minimum atomic E-state index is -0.175. The average Bonchev–Trinajstić information content (AvgIpc) is 3.00. The topological polar surface area (TPSA) is 81.5 Å². The van der Waals surface area contributed by atoms with Gasteiger partial charge in [0.1, 0.15) is 24.4 Å². The van der Waals surface area contributed by atoms with Crippen LogP contribution in [0.3, 0.4) is 0 Å². The average molecular weight is 343 g/mol. The van der Waals surface area contributed by atoms with Crippen molar-refractivity contribution in [2.45, 2.75) is 26.1 Å². The Hall–Kier alpha value is -2.61. The maximum absolute atomic E-state index is 12.2. The van der Waals surface area contributed by atoms with Crippen molar-refractivity contribution >= 4 is 5.91 Å². The first-order chi connectivity index (χ1) is 12.2. The van der Waals surface area contributed by atoms with Crippen molar-refractivity contribution in [3.8, 4) is 11.5 Å². The van der Waals surface area contributed by atoms with Crippen molar-refractivity contribution < 1.29 is 14.3 Å². The molecule has 25 heavy (non-hydrogen) atoms. The second-order valence-electron chi connectivity index (χ2n) is 6.33. The summed E-state index contributed by atoms with van der Waals surface area (Å²) in [5, 5.41) is 11.2. The van der Waals surface area contributed by atoms with Crippen LogP contribution >= 0.6 is 0 Å². The van der Waals surface area contributed by atoms with Gasteiger partial charge in [-0.15, -0.1) is 10.2 Å². The van der Waals surface area contributed by atoms with Crippen LogP contribution in [0.15, 0.2) is 24.3 Å². The molecule has 132 valence electrons. The fourth-order valence-electron chi connectivity index (χ4n) is 3.14. The summed E-state index contributed by atoms with van der Waals surface area (Å²) < 4.78 is 13.6. The van der Waals surface area contributed by atoms with E-state index in [1.807, 2.05) is 31.2 Å². The van der Waals surface area contributed by atoms with Crippen LogP contribution in [0.5, 0.6) is 11.5 Å². The van der Waals surface area contributed by atoms with Crippen molar-refractivity contribution in [1.29, 1.82) is 0 Å². The zero-order chi connectivity index (χ0) is 17.2. The fourth-order valence-corrected chi connectivity index (χ4v) is 3.14. The summed E-state index contributed by atoms with van der Waals surface area (Å²) in [6.07, 6.45) is -0.175. The summed E-state index contributed by atoms with van der Waals surface area (Å²) in [6.45, 7) is 5.43. The number of fused-ring (bicyclic) bond motifs is 2. The van der Waals surface area contributed by atoms with Crippen LogP contribution in [-0.2, 0) is 17.9 Å². The number of aromatic nitrogens is 3. The first-order valence-electron chi connectivity index (χ1n) is 8.45. The molecule has 0 spiro atoms. The zero-order valence-electron chi connectivity index (χ0n) is 14.1. The number of carbonyl (C=O) groups is 1. The number of rotatable bonds is 4. The lowest BCUT2D eigenvalue weighted by molar-refractivity contribution is -0.123. The van der Waals surface area contributed by atoms with E-state index >= 15 is 0 Å². The summed E-state index contributed by atoms with van der Waals surface area (Å²) in [5.74, 6) is 3.29. The number of nitrogens with zero attached hydrogens (tertiary/aromatic N) is 4. The molecule has 4 rings (SSSR count). The number of para-hydroxylation sites is 2. The molecule has 0 fully saturated rings. The standard InChI is InChI=1S/C17H21N5O3/c1-12-19-20-16-9-21(6-7-22(12)16)10-17(23)18-8-13-11-24-14-4-2-3-5-15(14)25-13/h2-5,13H,6-11H2,1H3,(H,18,23)/t13-/m1/s1. The maximum atomic E-state index is 12.2. The second kappa shape index (κ2) is 6.72. The Kier molecular flexibility index (Phi) is 4.27. The number of ether oxygens (including phenoxy) is 2. The van der Waals surface area contributed by atoms with Crippen LogP contribution in [0.1, 0.15) is 11.6 Å². The number of amides is 1. The lowest BCUT2D eigenvalue weighted by Crippen LogP contribution is -2.45. The normalized spacial score (nSPS) is 19.3. The van der Waals surface area contributed by atoms with E-state index in [2.05, 4.69) is 25.0 Å². The minimum absolute atomic E-state index is 0.0212. The Morgan fingerprint density at radius 2 is 2.12 bits per heavy atom. The van der Waals surface area contributed by atoms with Crippen LogP contribution in [-0.4, -0.2) is 57.9 Å². The molecule has 8 nitrogen and oxygen atoms in total. The summed E-state index contributed by atoms with van der Waals surface area (Å²) in [7, 11) is 0. The third-order valence-electron chi connectivity index (χ3n) is 4.48. The predicted octanol–water partition coefficient (Wildman–Crippen LogP) is 0.358. The van der Waals surface area contributed by atoms with Crippen LogP contribution in [0.4, 0.5) is 0 Å². The molecule has 3 heterocycles. The molecule has 2 aromatic rings. The van der Waals surface area contributed by atoms with Gasteiger partial charge < -0.3 is 19.4 Å². The highest BCUT2D eigenvalue weighted by Crippen LogP contribution is 2.30. The molecule has 0 unspecified atom stereocenters. The van der Waals surface area contributed by atoms with Gasteiger partial charge >= 0.3 is 0 Å². The highest BCUT2D eigenvalue weighted by molar-refractivity contribution is 5.78. The predicted molar refractivity (Wildman–Crippen MR) is 89.4 cm³/mol. The first kappa shape index (κ1) is 15.9. The van der Waals surface area contributed by atoms with E-state index in [-0.39, 0.29) is 12.0 Å². The van der Waals surface area contributed by atoms with Crippen LogP contribution in [0.25, 0.3) is 0 Å². The van der Waals surface area contributed by atoms with Gasteiger partial charge in [-0.3, -0.25) is 9.69 Å². The Bertz CT molecular complexity index is 775. The molecular formula is C17H21N5O3. The van der Waals surface area contributed by atoms with Gasteiger partial charge in [-0.25, -0.2) is 0 Å². The summed E-state index contributed by atoms with van der Waals surface area (Å²) in [4.78, 5) is 14.3. The van der Waals surface area contributed by atoms with E-state index in [0.29, 0.717) is 26.2 Å². The summed E-state index contributed by atoms with van der Waals surface area (Å²) in [5.41, 5.74) is 0. The zero-order valence-corrected chi connectivity index (χ0v) is 14.1. The third kappa shape index (κ3) is 3.43. The third-order valence-corrected chi connectivity index (χ3v) is 4.48. The van der Waals surface area contributed by atoms with Gasteiger partial charge in [-0.05, 0) is 19.1 Å². The van der Waals surface area contributed by atoms with Gasteiger partial charge in [0.25, 0.3) is 0 Å². The van der Waals surface area contributed by atoms with Gasteiger partial charge in [-0.1, -0.05) is 12.1 Å². The molecule has 1 amide bonds. The van der Waals surface area contributed by atoms with E-state index in [1.165, 1.54) is 0 Å². The highest BCUT2D eigenvalue weighted by Gasteiger charge is 2.23. The molecule has 1 atom stereocenters. The number of aryl methyl sites for hydroxylation is 1. The molecule has 2 aliphatic heterocycles. The summed E-state index contributed by atoms with van der Waals surface area (Å²) in [6, 6.07) is 7.56. The van der Waals surface area contributed by atoms with Gasteiger partial charge in [-0.2, -0.15) is 0 Å². The molecule has 0 radical (unpaired) electrons. The first-order valence-corrected chi connectivity index (χ1v) is 8.45. The molecular weight excluding hydrogens is 322 g/mol. The monoisotopic (exact) mass is 343 g/mol. The van der Waals surface area contributed by atoms with E-state index < -0.39 is 0 Å². The quantitative estimate of drug-likeness (QED) is 0.863. The molecule has 8 heteroatoms. The Morgan fingerprint density at radius 3 is 3.00 bits per heavy atom. The Morgan fingerprint density at radius 1 is 1.28 bits per heavy atom. The number of carbonyl (C=O) groups excluding carboxylic acids is 1. The molecule has 0 aliphatic carbocycles. The van der Waals surface area contributed by atoms with Crippen LogP contribution < -0.4 is 14.8 Å². The van der Waals surface area contributed by atoms with E-state index in [4.69, 9.17) is 9.47 Å².